The summed E-state index contributed by atoms with van der Waals surface area (Å²) >= 11 is 0. The van der Waals surface area contributed by atoms with Gasteiger partial charge < -0.3 is 9.15 Å². The summed E-state index contributed by atoms with van der Waals surface area (Å²) in [6.45, 7) is 0. The molecule has 2 rings (SSSR count). The Morgan fingerprint density at radius 1 is 1.64 bits per heavy atom. The molecule has 0 radical (unpaired) electrons. The highest BCUT2D eigenvalue weighted by molar-refractivity contribution is 5.88. The number of aromatic nitrogens is 3. The summed E-state index contributed by atoms with van der Waals surface area (Å²) in [5.41, 5.74) is 0.371. The minimum atomic E-state index is -0.431. The summed E-state index contributed by atoms with van der Waals surface area (Å²) in [6, 6.07) is 0. The van der Waals surface area contributed by atoms with Gasteiger partial charge in [0, 0.05) is 6.20 Å². The van der Waals surface area contributed by atoms with Gasteiger partial charge in [-0.1, -0.05) is 0 Å². The van der Waals surface area contributed by atoms with Crippen molar-refractivity contribution in [2.24, 2.45) is 0 Å². The molecule has 2 aromatic heterocycles. The van der Waals surface area contributed by atoms with Crippen molar-refractivity contribution in [3.63, 3.8) is 0 Å². The average Bonchev–Trinajstić information content (AvgIpc) is 2.86. The number of hydrogen-bond donors (Lipinski definition) is 0. The first-order valence-electron chi connectivity index (χ1n) is 3.83. The van der Waals surface area contributed by atoms with Crippen LogP contribution in [0.1, 0.15) is 10.4 Å². The Labute approximate surface area is 79.1 Å². The van der Waals surface area contributed by atoms with E-state index in [1.54, 1.807) is 0 Å². The van der Waals surface area contributed by atoms with Gasteiger partial charge in [0.1, 0.15) is 6.26 Å². The van der Waals surface area contributed by atoms with Crippen LogP contribution in [0.3, 0.4) is 0 Å². The van der Waals surface area contributed by atoms with Gasteiger partial charge in [-0.25, -0.2) is 9.48 Å². The fourth-order valence-corrected chi connectivity index (χ4v) is 0.991. The molecular formula is C8H7N3O3. The van der Waals surface area contributed by atoms with Crippen molar-refractivity contribution >= 4 is 5.97 Å². The smallest absolute Gasteiger partial charge is 0.341 e. The first kappa shape index (κ1) is 8.49. The molecule has 72 valence electrons. The molecule has 2 aromatic rings. The third-order valence-corrected chi connectivity index (χ3v) is 1.66. The van der Waals surface area contributed by atoms with Gasteiger partial charge >= 0.3 is 5.97 Å². The highest BCUT2D eigenvalue weighted by Gasteiger charge is 2.09. The van der Waals surface area contributed by atoms with Crippen LogP contribution in [-0.4, -0.2) is 27.8 Å². The molecule has 6 heteroatoms. The van der Waals surface area contributed by atoms with Gasteiger partial charge in [-0.2, -0.15) is 10.1 Å². The zero-order valence-corrected chi connectivity index (χ0v) is 7.38. The Morgan fingerprint density at radius 3 is 3.14 bits per heavy atom. The van der Waals surface area contributed by atoms with Crippen molar-refractivity contribution in [1.82, 2.24) is 14.8 Å². The second kappa shape index (κ2) is 3.33. The van der Waals surface area contributed by atoms with Gasteiger partial charge in [-0.05, 0) is 0 Å². The maximum absolute atomic E-state index is 11.1. The lowest BCUT2D eigenvalue weighted by atomic mass is 10.4. The molecule has 6 nitrogen and oxygen atoms in total. The third-order valence-electron chi connectivity index (χ3n) is 1.66. The maximum atomic E-state index is 11.1. The summed E-state index contributed by atoms with van der Waals surface area (Å²) in [7, 11) is 1.32. The first-order valence-corrected chi connectivity index (χ1v) is 3.83. The normalized spacial score (nSPS) is 10.1. The fourth-order valence-electron chi connectivity index (χ4n) is 0.991. The van der Waals surface area contributed by atoms with E-state index in [1.807, 2.05) is 0 Å². The van der Waals surface area contributed by atoms with E-state index in [9.17, 15) is 4.79 Å². The van der Waals surface area contributed by atoms with Gasteiger partial charge in [0.25, 0.3) is 0 Å². The molecule has 0 bridgehead atoms. The van der Waals surface area contributed by atoms with Crippen molar-refractivity contribution < 1.29 is 13.9 Å². The molecule has 0 spiro atoms. The van der Waals surface area contributed by atoms with Crippen LogP contribution < -0.4 is 0 Å². The molecule has 0 aliphatic heterocycles. The standard InChI is InChI=1S/C8H7N3O3/c1-13-8(12)6-2-10-11(3-6)7-4-14-5-9-7/h2-5H,1H3. The zero-order valence-electron chi connectivity index (χ0n) is 7.38. The second-order valence-electron chi connectivity index (χ2n) is 2.51. The zero-order chi connectivity index (χ0) is 9.97. The van der Waals surface area contributed by atoms with Crippen molar-refractivity contribution in [1.29, 1.82) is 0 Å². The minimum absolute atomic E-state index is 0.371. The number of carbonyl (C=O) groups excluding carboxylic acids is 1. The molecule has 14 heavy (non-hydrogen) atoms. The summed E-state index contributed by atoms with van der Waals surface area (Å²) in [4.78, 5) is 14.9. The molecule has 0 saturated heterocycles. The lowest BCUT2D eigenvalue weighted by Crippen LogP contribution is -1.99. The van der Waals surface area contributed by atoms with Gasteiger partial charge in [-0.3, -0.25) is 0 Å². The molecule has 0 unspecified atom stereocenters. The first-order chi connectivity index (χ1) is 6.81. The van der Waals surface area contributed by atoms with Gasteiger partial charge in [0.05, 0.1) is 18.9 Å². The van der Waals surface area contributed by atoms with Crippen molar-refractivity contribution in [3.8, 4) is 5.82 Å². The van der Waals surface area contributed by atoms with E-state index in [2.05, 4.69) is 14.8 Å². The number of esters is 1. The van der Waals surface area contributed by atoms with Crippen molar-refractivity contribution in [2.45, 2.75) is 0 Å². The number of carbonyl (C=O) groups is 1. The molecule has 0 aliphatic carbocycles. The van der Waals surface area contributed by atoms with Crippen LogP contribution in [0.4, 0.5) is 0 Å². The van der Waals surface area contributed by atoms with Crippen LogP contribution in [0.25, 0.3) is 5.82 Å². The SMILES string of the molecule is COC(=O)c1cnn(-c2cocn2)c1. The lowest BCUT2D eigenvalue weighted by Gasteiger charge is -1.92. The minimum Gasteiger partial charge on any atom is -0.465 e. The molecule has 0 aliphatic rings. The van der Waals surface area contributed by atoms with E-state index < -0.39 is 5.97 Å². The lowest BCUT2D eigenvalue weighted by molar-refractivity contribution is 0.0600. The number of rotatable bonds is 2. The molecule has 0 atom stereocenters. The van der Waals surface area contributed by atoms with Gasteiger partial charge in [0.15, 0.2) is 12.2 Å². The number of oxazole rings is 1. The van der Waals surface area contributed by atoms with Crippen LogP contribution in [0.2, 0.25) is 0 Å². The largest absolute Gasteiger partial charge is 0.465 e. The molecule has 0 aromatic carbocycles. The van der Waals surface area contributed by atoms with E-state index in [0.717, 1.165) is 0 Å². The Balaban J connectivity index is 2.31. The molecule has 0 fully saturated rings. The fraction of sp³-hybridized carbons (Fsp3) is 0.125. The molecular weight excluding hydrogens is 186 g/mol. The van der Waals surface area contributed by atoms with E-state index in [4.69, 9.17) is 4.42 Å². The molecule has 0 N–H and O–H groups in total. The summed E-state index contributed by atoms with van der Waals surface area (Å²) < 4.78 is 10.7. The van der Waals surface area contributed by atoms with Crippen molar-refractivity contribution in [3.05, 3.63) is 30.6 Å². The third kappa shape index (κ3) is 1.37. The summed E-state index contributed by atoms with van der Waals surface area (Å²) in [6.07, 6.45) is 5.63. The van der Waals surface area contributed by atoms with E-state index >= 15 is 0 Å². The van der Waals surface area contributed by atoms with Gasteiger partial charge in [-0.15, -0.1) is 0 Å². The predicted octanol–water partition coefficient (Wildman–Crippen LogP) is 0.647. The number of nitrogens with zero attached hydrogens (tertiary/aromatic N) is 3. The highest BCUT2D eigenvalue weighted by Crippen LogP contribution is 2.05. The van der Waals surface area contributed by atoms with E-state index in [0.29, 0.717) is 11.4 Å². The second-order valence-corrected chi connectivity index (χ2v) is 2.51. The molecule has 0 saturated carbocycles. The molecule has 2 heterocycles. The quantitative estimate of drug-likeness (QED) is 0.655. The van der Waals surface area contributed by atoms with Crippen molar-refractivity contribution in [2.75, 3.05) is 7.11 Å². The topological polar surface area (TPSA) is 70.2 Å². The van der Waals surface area contributed by atoms with Gasteiger partial charge in [0.2, 0.25) is 0 Å². The monoisotopic (exact) mass is 193 g/mol. The maximum Gasteiger partial charge on any atom is 0.341 e. The van der Waals surface area contributed by atoms with Crippen LogP contribution in [0, 0.1) is 0 Å². The number of ether oxygens (including phenoxy) is 1. The average molecular weight is 193 g/mol. The molecule has 0 amide bonds. The Kier molecular flexibility index (Phi) is 2.02. The van der Waals surface area contributed by atoms with Crippen LogP contribution in [-0.2, 0) is 4.74 Å². The Hall–Kier alpha value is -2.11. The van der Waals surface area contributed by atoms with E-state index in [-0.39, 0.29) is 0 Å². The van der Waals surface area contributed by atoms with Crippen LogP contribution >= 0.6 is 0 Å². The summed E-state index contributed by atoms with van der Waals surface area (Å²) in [5.74, 6) is 0.0832. The van der Waals surface area contributed by atoms with Crippen LogP contribution in [0.15, 0.2) is 29.5 Å². The number of hydrogen-bond acceptors (Lipinski definition) is 5. The van der Waals surface area contributed by atoms with E-state index in [1.165, 1.54) is 36.8 Å². The Bertz CT molecular complexity index is 432. The van der Waals surface area contributed by atoms with Crippen LogP contribution in [0.5, 0.6) is 0 Å². The predicted molar refractivity (Wildman–Crippen MR) is 45.0 cm³/mol. The Morgan fingerprint density at radius 2 is 2.50 bits per heavy atom. The summed E-state index contributed by atoms with van der Waals surface area (Å²) in [5, 5.41) is 3.92. The highest BCUT2D eigenvalue weighted by atomic mass is 16.5. The number of methoxy groups -OCH3 is 1.